The highest BCUT2D eigenvalue weighted by Crippen LogP contribution is 2.28. The van der Waals surface area contributed by atoms with Crippen LogP contribution in [-0.4, -0.2) is 32.6 Å². The third kappa shape index (κ3) is 2.83. The van der Waals surface area contributed by atoms with Crippen molar-refractivity contribution in [2.75, 3.05) is 6.54 Å². The van der Waals surface area contributed by atoms with Crippen molar-refractivity contribution in [1.29, 1.82) is 0 Å². The van der Waals surface area contributed by atoms with Crippen molar-refractivity contribution >= 4 is 37.8 Å². The lowest BCUT2D eigenvalue weighted by molar-refractivity contribution is 0.0688. The van der Waals surface area contributed by atoms with Gasteiger partial charge in [-0.2, -0.15) is 0 Å². The number of hydrogen-bond acceptors (Lipinski definition) is 5. The van der Waals surface area contributed by atoms with Crippen LogP contribution in [0, 0.1) is 0 Å². The van der Waals surface area contributed by atoms with Gasteiger partial charge in [-0.3, -0.25) is 4.98 Å². The number of pyridine rings is 1. The predicted molar refractivity (Wildman–Crippen MR) is 83.0 cm³/mol. The number of aromatic nitrogens is 3. The summed E-state index contributed by atoms with van der Waals surface area (Å²) in [5.74, 6) is -0.723. The van der Waals surface area contributed by atoms with Gasteiger partial charge in [-0.05, 0) is 37.9 Å². The molecule has 0 saturated carbocycles. The zero-order chi connectivity index (χ0) is 15.0. The average molecular weight is 414 g/mol. The molecule has 0 amide bonds. The zero-order valence-corrected chi connectivity index (χ0v) is 13.9. The predicted octanol–water partition coefficient (Wildman–Crippen LogP) is 2.41. The summed E-state index contributed by atoms with van der Waals surface area (Å²) in [5, 5.41) is 12.5. The second-order valence-corrected chi connectivity index (χ2v) is 6.31. The van der Waals surface area contributed by atoms with E-state index in [0.29, 0.717) is 34.5 Å². The number of carboxylic acids is 1. The number of hydrogen-bond donors (Lipinski definition) is 2. The Hall–Kier alpha value is -1.38. The lowest BCUT2D eigenvalue weighted by atomic mass is 10.0. The number of rotatable bonds is 2. The van der Waals surface area contributed by atoms with Gasteiger partial charge in [0.15, 0.2) is 11.5 Å². The molecule has 2 N–H and O–H groups in total. The van der Waals surface area contributed by atoms with Crippen LogP contribution in [-0.2, 0) is 13.0 Å². The normalized spacial score (nSPS) is 13.8. The summed E-state index contributed by atoms with van der Waals surface area (Å²) >= 11 is 6.74. The molecule has 2 aromatic heterocycles. The zero-order valence-electron chi connectivity index (χ0n) is 10.7. The van der Waals surface area contributed by atoms with Crippen LogP contribution in [0.1, 0.15) is 21.7 Å². The molecule has 0 fully saturated rings. The second-order valence-electron chi connectivity index (χ2n) is 4.54. The largest absolute Gasteiger partial charge is 0.476 e. The van der Waals surface area contributed by atoms with E-state index in [0.717, 1.165) is 16.7 Å². The van der Waals surface area contributed by atoms with Crippen molar-refractivity contribution in [3.05, 3.63) is 38.2 Å². The molecule has 6 nitrogen and oxygen atoms in total. The molecule has 2 aromatic rings. The highest BCUT2D eigenvalue weighted by molar-refractivity contribution is 9.11. The van der Waals surface area contributed by atoms with Crippen LogP contribution >= 0.6 is 31.9 Å². The van der Waals surface area contributed by atoms with E-state index < -0.39 is 5.97 Å². The van der Waals surface area contributed by atoms with Crippen LogP contribution in [0.3, 0.4) is 0 Å². The quantitative estimate of drug-likeness (QED) is 0.785. The monoisotopic (exact) mass is 412 g/mol. The van der Waals surface area contributed by atoms with Gasteiger partial charge in [0.25, 0.3) is 0 Å². The van der Waals surface area contributed by atoms with Crippen molar-refractivity contribution in [2.45, 2.75) is 13.0 Å². The third-order valence-electron chi connectivity index (χ3n) is 3.16. The van der Waals surface area contributed by atoms with Crippen LogP contribution in [0.15, 0.2) is 21.2 Å². The van der Waals surface area contributed by atoms with Crippen LogP contribution in [0.2, 0.25) is 0 Å². The highest BCUT2D eigenvalue weighted by Gasteiger charge is 2.23. The van der Waals surface area contributed by atoms with Gasteiger partial charge in [0.2, 0.25) is 0 Å². The average Bonchev–Trinajstić information content (AvgIpc) is 2.46. The second kappa shape index (κ2) is 5.78. The smallest absolute Gasteiger partial charge is 0.354 e. The van der Waals surface area contributed by atoms with Crippen molar-refractivity contribution < 1.29 is 9.90 Å². The minimum Gasteiger partial charge on any atom is -0.476 e. The van der Waals surface area contributed by atoms with E-state index in [2.05, 4.69) is 52.1 Å². The number of fused-ring (bicyclic) bond motifs is 1. The van der Waals surface area contributed by atoms with E-state index in [9.17, 15) is 9.90 Å². The molecule has 0 aliphatic carbocycles. The summed E-state index contributed by atoms with van der Waals surface area (Å²) in [6.45, 7) is 1.25. The molecule has 0 atom stereocenters. The Morgan fingerprint density at radius 3 is 2.86 bits per heavy atom. The van der Waals surface area contributed by atoms with Gasteiger partial charge in [-0.1, -0.05) is 0 Å². The van der Waals surface area contributed by atoms with Gasteiger partial charge in [0, 0.05) is 40.2 Å². The molecule has 0 spiro atoms. The summed E-state index contributed by atoms with van der Waals surface area (Å²) in [5.41, 5.74) is 2.00. The summed E-state index contributed by atoms with van der Waals surface area (Å²) < 4.78 is 1.53. The number of carboxylic acid groups (broad SMARTS) is 1. The first-order valence-corrected chi connectivity index (χ1v) is 7.80. The van der Waals surface area contributed by atoms with Gasteiger partial charge in [0.05, 0.1) is 5.69 Å². The number of carbonyl (C=O) groups is 1. The Morgan fingerprint density at radius 1 is 1.33 bits per heavy atom. The lowest BCUT2D eigenvalue weighted by Gasteiger charge is -2.18. The maximum atomic E-state index is 11.4. The van der Waals surface area contributed by atoms with Gasteiger partial charge >= 0.3 is 5.97 Å². The number of aromatic carboxylic acids is 1. The minimum absolute atomic E-state index is 0.0406. The lowest BCUT2D eigenvalue weighted by Crippen LogP contribution is -2.28. The fourth-order valence-electron chi connectivity index (χ4n) is 2.21. The number of nitrogens with one attached hydrogen (secondary N) is 1. The van der Waals surface area contributed by atoms with E-state index in [1.165, 1.54) is 0 Å². The van der Waals surface area contributed by atoms with Gasteiger partial charge in [0.1, 0.15) is 5.69 Å². The first kappa shape index (κ1) is 14.6. The Morgan fingerprint density at radius 2 is 2.14 bits per heavy atom. The first-order valence-electron chi connectivity index (χ1n) is 6.21. The molecule has 8 heteroatoms. The van der Waals surface area contributed by atoms with Crippen molar-refractivity contribution in [2.24, 2.45) is 0 Å². The molecule has 0 saturated heterocycles. The standard InChI is InChI=1S/C13H10Br2N4O2/c14-6-3-8(15)11(17-4-6)12-18-9-1-2-16-5-7(9)10(19-12)13(20)21/h3-4,16H,1-2,5H2,(H,20,21). The van der Waals surface area contributed by atoms with Gasteiger partial charge in [-0.15, -0.1) is 0 Å². The molecule has 3 rings (SSSR count). The summed E-state index contributed by atoms with van der Waals surface area (Å²) in [7, 11) is 0. The molecule has 0 radical (unpaired) electrons. The first-order chi connectivity index (χ1) is 10.1. The molecule has 3 heterocycles. The van der Waals surface area contributed by atoms with Gasteiger partial charge in [-0.25, -0.2) is 14.8 Å². The van der Waals surface area contributed by atoms with E-state index in [1.54, 1.807) is 6.20 Å². The van der Waals surface area contributed by atoms with E-state index >= 15 is 0 Å². The molecule has 108 valence electrons. The minimum atomic E-state index is -1.05. The fraction of sp³-hybridized carbons (Fsp3) is 0.231. The number of halogens is 2. The summed E-state index contributed by atoms with van der Waals surface area (Å²) in [6.07, 6.45) is 2.31. The van der Waals surface area contributed by atoms with Crippen LogP contribution in [0.4, 0.5) is 0 Å². The molecular weight excluding hydrogens is 404 g/mol. The maximum Gasteiger partial charge on any atom is 0.354 e. The van der Waals surface area contributed by atoms with E-state index in [4.69, 9.17) is 0 Å². The Kier molecular flexibility index (Phi) is 4.01. The molecule has 0 aromatic carbocycles. The van der Waals surface area contributed by atoms with Gasteiger partial charge < -0.3 is 10.4 Å². The Balaban J connectivity index is 2.19. The van der Waals surface area contributed by atoms with Crippen molar-refractivity contribution in [1.82, 2.24) is 20.3 Å². The third-order valence-corrected chi connectivity index (χ3v) is 4.19. The van der Waals surface area contributed by atoms with E-state index in [-0.39, 0.29) is 5.69 Å². The highest BCUT2D eigenvalue weighted by atomic mass is 79.9. The van der Waals surface area contributed by atoms with Crippen molar-refractivity contribution in [3.8, 4) is 11.5 Å². The molecular formula is C13H10Br2N4O2. The maximum absolute atomic E-state index is 11.4. The van der Waals surface area contributed by atoms with Crippen LogP contribution < -0.4 is 5.32 Å². The Labute approximate surface area is 137 Å². The number of nitrogens with zero attached hydrogens (tertiary/aromatic N) is 3. The van der Waals surface area contributed by atoms with E-state index in [1.807, 2.05) is 6.07 Å². The van der Waals surface area contributed by atoms with Crippen LogP contribution in [0.25, 0.3) is 11.5 Å². The van der Waals surface area contributed by atoms with Crippen LogP contribution in [0.5, 0.6) is 0 Å². The topological polar surface area (TPSA) is 88.0 Å². The molecule has 1 aliphatic heterocycles. The molecule has 21 heavy (non-hydrogen) atoms. The SMILES string of the molecule is O=C(O)c1nc(-c2ncc(Br)cc2Br)nc2c1CNCC2. The molecule has 1 aliphatic rings. The Bertz CT molecular complexity index is 736. The summed E-state index contributed by atoms with van der Waals surface area (Å²) in [6, 6.07) is 1.83. The molecule has 0 unspecified atom stereocenters. The summed E-state index contributed by atoms with van der Waals surface area (Å²) in [4.78, 5) is 24.4. The fourth-order valence-corrected chi connectivity index (χ4v) is 3.37. The molecule has 0 bridgehead atoms. The van der Waals surface area contributed by atoms with Crippen molar-refractivity contribution in [3.63, 3.8) is 0 Å².